The number of ether oxygens (including phenoxy) is 2. The van der Waals surface area contributed by atoms with Crippen molar-refractivity contribution < 1.29 is 35.9 Å². The molecular weight excluding hydrogens is 451 g/mol. The molecule has 32 heavy (non-hydrogen) atoms. The molecule has 2 atom stereocenters. The maximum Gasteiger partial charge on any atom is 0.511 e. The predicted molar refractivity (Wildman–Crippen MR) is 107 cm³/mol. The second-order valence-electron chi connectivity index (χ2n) is 8.46. The van der Waals surface area contributed by atoms with Gasteiger partial charge < -0.3 is 14.4 Å². The lowest BCUT2D eigenvalue weighted by atomic mass is 9.83. The normalized spacial score (nSPS) is 29.7. The third-order valence-corrected chi connectivity index (χ3v) is 7.68. The number of carbonyl (C=O) groups excluding carboxylic acids is 1. The van der Waals surface area contributed by atoms with Crippen LogP contribution in [0.2, 0.25) is 0 Å². The standard InChI is InChI=1S/C20H26F3N3O5S/c21-20(22,23)32(28,29)25-16-4-2-10-26-17(16)11-30-14-7-5-13(6-8-14)15-3-1-9-24-19(15)31-12-18(26)27/h1,3,9,13-14,16-17,25H,2,4-8,10-12H2/t13?,14?,16-,17?/m0/s1. The van der Waals surface area contributed by atoms with Gasteiger partial charge in [-0.15, -0.1) is 0 Å². The number of alkyl halides is 3. The molecule has 0 radical (unpaired) electrons. The number of aromatic nitrogens is 1. The van der Waals surface area contributed by atoms with Gasteiger partial charge >= 0.3 is 15.5 Å². The molecule has 5 rings (SSSR count). The summed E-state index contributed by atoms with van der Waals surface area (Å²) in [5.41, 5.74) is -4.50. The van der Waals surface area contributed by atoms with Gasteiger partial charge in [0.15, 0.2) is 6.61 Å². The molecule has 8 nitrogen and oxygen atoms in total. The van der Waals surface area contributed by atoms with Gasteiger partial charge in [0.1, 0.15) is 0 Å². The van der Waals surface area contributed by atoms with E-state index < -0.39 is 33.5 Å². The highest BCUT2D eigenvalue weighted by Crippen LogP contribution is 2.38. The zero-order valence-corrected chi connectivity index (χ0v) is 18.2. The van der Waals surface area contributed by atoms with Crippen molar-refractivity contribution in [2.75, 3.05) is 19.8 Å². The molecule has 1 amide bonds. The van der Waals surface area contributed by atoms with Crippen molar-refractivity contribution in [3.8, 4) is 5.88 Å². The van der Waals surface area contributed by atoms with Gasteiger partial charge in [-0.1, -0.05) is 6.07 Å². The first-order valence-electron chi connectivity index (χ1n) is 10.7. The van der Waals surface area contributed by atoms with Crippen LogP contribution in [-0.2, 0) is 19.6 Å². The van der Waals surface area contributed by atoms with E-state index in [1.165, 1.54) is 4.90 Å². The molecule has 2 bridgehead atoms. The molecule has 4 aliphatic rings. The summed E-state index contributed by atoms with van der Waals surface area (Å²) >= 11 is 0. The molecule has 1 saturated heterocycles. The maximum atomic E-state index is 13.0. The number of hydrogen-bond donors (Lipinski definition) is 1. The van der Waals surface area contributed by atoms with E-state index in [0.29, 0.717) is 12.3 Å². The molecule has 1 aliphatic carbocycles. The summed E-state index contributed by atoms with van der Waals surface area (Å²) in [6.07, 6.45) is 5.17. The zero-order valence-electron chi connectivity index (χ0n) is 17.4. The Kier molecular flexibility index (Phi) is 6.64. The van der Waals surface area contributed by atoms with E-state index in [1.807, 2.05) is 12.1 Å². The zero-order chi connectivity index (χ0) is 22.9. The molecule has 2 fully saturated rings. The quantitative estimate of drug-likeness (QED) is 0.702. The van der Waals surface area contributed by atoms with Crippen LogP contribution in [0.15, 0.2) is 18.3 Å². The number of fused-ring (bicyclic) bond motifs is 5. The molecule has 3 aliphatic heterocycles. The lowest BCUT2D eigenvalue weighted by Gasteiger charge is -2.42. The van der Waals surface area contributed by atoms with Crippen molar-refractivity contribution in [3.05, 3.63) is 23.9 Å². The Morgan fingerprint density at radius 1 is 1.16 bits per heavy atom. The molecule has 4 heterocycles. The fourth-order valence-corrected chi connectivity index (χ4v) is 5.61. The van der Waals surface area contributed by atoms with Crippen molar-refractivity contribution in [3.63, 3.8) is 0 Å². The third-order valence-electron chi connectivity index (χ3n) is 6.46. The second-order valence-corrected chi connectivity index (χ2v) is 10.2. The maximum absolute atomic E-state index is 13.0. The number of sulfonamides is 1. The van der Waals surface area contributed by atoms with Gasteiger partial charge in [-0.2, -0.15) is 13.2 Å². The lowest BCUT2D eigenvalue weighted by molar-refractivity contribution is -0.140. The molecule has 12 heteroatoms. The molecule has 1 aromatic heterocycles. The van der Waals surface area contributed by atoms with Gasteiger partial charge in [0.05, 0.1) is 18.8 Å². The summed E-state index contributed by atoms with van der Waals surface area (Å²) in [7, 11) is -5.56. The first kappa shape index (κ1) is 23.2. The highest BCUT2D eigenvalue weighted by atomic mass is 32.2. The fourth-order valence-electron chi connectivity index (χ4n) is 4.80. The van der Waals surface area contributed by atoms with Crippen LogP contribution in [0.25, 0.3) is 0 Å². The molecule has 178 valence electrons. The van der Waals surface area contributed by atoms with Crippen LogP contribution in [0.1, 0.15) is 50.0 Å². The summed E-state index contributed by atoms with van der Waals surface area (Å²) in [6.45, 7) is -0.102. The molecule has 1 aromatic rings. The van der Waals surface area contributed by atoms with Crippen molar-refractivity contribution in [1.29, 1.82) is 0 Å². The van der Waals surface area contributed by atoms with E-state index in [2.05, 4.69) is 4.98 Å². The van der Waals surface area contributed by atoms with E-state index in [1.54, 1.807) is 10.9 Å². The topological polar surface area (TPSA) is 97.8 Å². The third kappa shape index (κ3) is 4.86. The molecule has 1 saturated carbocycles. The van der Waals surface area contributed by atoms with Crippen molar-refractivity contribution in [1.82, 2.24) is 14.6 Å². The second kappa shape index (κ2) is 9.14. The number of nitrogens with zero attached hydrogens (tertiary/aromatic N) is 2. The Balaban J connectivity index is 1.60. The number of piperidine rings is 1. The monoisotopic (exact) mass is 477 g/mol. The van der Waals surface area contributed by atoms with Gasteiger partial charge in [0.25, 0.3) is 5.91 Å². The Morgan fingerprint density at radius 2 is 1.91 bits per heavy atom. The van der Waals surface area contributed by atoms with Gasteiger partial charge in [0.2, 0.25) is 5.88 Å². The summed E-state index contributed by atoms with van der Waals surface area (Å²) in [4.78, 5) is 18.6. The number of amides is 1. The largest absolute Gasteiger partial charge is 0.511 e. The predicted octanol–water partition coefficient (Wildman–Crippen LogP) is 2.32. The SMILES string of the molecule is O=C1COc2ncccc2C2CCC(CC2)OCC2[C@@H](NS(=O)(=O)C(F)(F)F)CCCN12. The van der Waals surface area contributed by atoms with Crippen LogP contribution in [0, 0.1) is 0 Å². The van der Waals surface area contributed by atoms with Crippen LogP contribution >= 0.6 is 0 Å². The average Bonchev–Trinajstić information content (AvgIpc) is 2.77. The number of rotatable bonds is 2. The highest BCUT2D eigenvalue weighted by Gasteiger charge is 2.49. The van der Waals surface area contributed by atoms with Crippen LogP contribution in [0.4, 0.5) is 13.2 Å². The Hall–Kier alpha value is -1.92. The van der Waals surface area contributed by atoms with Crippen molar-refractivity contribution in [2.24, 2.45) is 0 Å². The van der Waals surface area contributed by atoms with Crippen LogP contribution in [-0.4, -0.2) is 67.7 Å². The van der Waals surface area contributed by atoms with Crippen LogP contribution in [0.5, 0.6) is 5.88 Å². The van der Waals surface area contributed by atoms with E-state index in [0.717, 1.165) is 31.2 Å². The van der Waals surface area contributed by atoms with Gasteiger partial charge in [-0.3, -0.25) is 4.79 Å². The first-order chi connectivity index (χ1) is 15.2. The van der Waals surface area contributed by atoms with E-state index >= 15 is 0 Å². The lowest BCUT2D eigenvalue weighted by Crippen LogP contribution is -2.60. The summed E-state index contributed by atoms with van der Waals surface area (Å²) < 4.78 is 75.9. The van der Waals surface area contributed by atoms with Crippen LogP contribution < -0.4 is 9.46 Å². The smallest absolute Gasteiger partial charge is 0.467 e. The van der Waals surface area contributed by atoms with Crippen molar-refractivity contribution in [2.45, 2.75) is 68.1 Å². The molecule has 1 N–H and O–H groups in total. The number of nitrogens with one attached hydrogen (secondary N) is 1. The number of halogens is 3. The van der Waals surface area contributed by atoms with E-state index in [4.69, 9.17) is 9.47 Å². The minimum Gasteiger partial charge on any atom is -0.467 e. The molecular formula is C20H26F3N3O5S. The van der Waals surface area contributed by atoms with Gasteiger partial charge in [-0.05, 0) is 50.5 Å². The highest BCUT2D eigenvalue weighted by molar-refractivity contribution is 7.90. The summed E-state index contributed by atoms with van der Waals surface area (Å²) in [5, 5.41) is 0. The summed E-state index contributed by atoms with van der Waals surface area (Å²) in [6, 6.07) is 1.79. The Bertz CT molecular complexity index is 935. The van der Waals surface area contributed by atoms with E-state index in [9.17, 15) is 26.4 Å². The number of hydrogen-bond acceptors (Lipinski definition) is 6. The number of carbonyl (C=O) groups is 1. The van der Waals surface area contributed by atoms with Gasteiger partial charge in [-0.25, -0.2) is 18.1 Å². The van der Waals surface area contributed by atoms with Gasteiger partial charge in [0, 0.05) is 24.3 Å². The van der Waals surface area contributed by atoms with Crippen LogP contribution in [0.3, 0.4) is 0 Å². The Labute approximate surface area is 184 Å². The fraction of sp³-hybridized carbons (Fsp3) is 0.700. The molecule has 0 aromatic carbocycles. The summed E-state index contributed by atoms with van der Waals surface area (Å²) in [5.74, 6) is 0.161. The molecule has 0 spiro atoms. The Morgan fingerprint density at radius 3 is 2.62 bits per heavy atom. The minimum absolute atomic E-state index is 0.0443. The van der Waals surface area contributed by atoms with E-state index in [-0.39, 0.29) is 38.2 Å². The van der Waals surface area contributed by atoms with Crippen molar-refractivity contribution >= 4 is 15.9 Å². The average molecular weight is 478 g/mol. The molecule has 1 unspecified atom stereocenters. The first-order valence-corrected chi connectivity index (χ1v) is 12.2. The number of pyridine rings is 1. The minimum atomic E-state index is -5.56.